The van der Waals surface area contributed by atoms with Crippen molar-refractivity contribution in [3.8, 4) is 0 Å². The molecule has 0 radical (unpaired) electrons. The molecule has 6 nitrogen and oxygen atoms in total. The first-order valence-corrected chi connectivity index (χ1v) is 11.4. The largest absolute Gasteiger partial charge is 0.271 e. The Morgan fingerprint density at radius 2 is 1.30 bits per heavy atom. The average molecular weight is 420 g/mol. The van der Waals surface area contributed by atoms with E-state index in [1.165, 1.54) is 9.21 Å². The van der Waals surface area contributed by atoms with Crippen LogP contribution in [0.15, 0.2) is 71.6 Å². The summed E-state index contributed by atoms with van der Waals surface area (Å²) in [5, 5.41) is 1.86. The fraction of sp³-hybridized carbons (Fsp3) is 0.217. The molecular formula is C23H20N2O4S. The van der Waals surface area contributed by atoms with Crippen molar-refractivity contribution in [1.82, 2.24) is 9.21 Å². The number of hydrogen-bond donors (Lipinski definition) is 0. The van der Waals surface area contributed by atoms with Gasteiger partial charge in [-0.3, -0.25) is 14.5 Å². The summed E-state index contributed by atoms with van der Waals surface area (Å²) in [6, 6.07) is 19.3. The second kappa shape index (κ2) is 7.04. The molecule has 0 spiro atoms. The smallest absolute Gasteiger partial charge is 0.261 e. The predicted molar refractivity (Wildman–Crippen MR) is 113 cm³/mol. The Hall–Kier alpha value is -3.03. The third kappa shape index (κ3) is 2.93. The van der Waals surface area contributed by atoms with E-state index in [1.807, 2.05) is 30.3 Å². The Morgan fingerprint density at radius 3 is 1.93 bits per heavy atom. The highest BCUT2D eigenvalue weighted by Crippen LogP contribution is 2.30. The van der Waals surface area contributed by atoms with Crippen molar-refractivity contribution in [2.24, 2.45) is 0 Å². The molecule has 2 amide bonds. The molecule has 30 heavy (non-hydrogen) atoms. The second-order valence-electron chi connectivity index (χ2n) is 7.67. The van der Waals surface area contributed by atoms with Gasteiger partial charge in [0.15, 0.2) is 0 Å². The molecule has 0 bridgehead atoms. The quantitative estimate of drug-likeness (QED) is 0.610. The Balaban J connectivity index is 1.34. The zero-order valence-corrected chi connectivity index (χ0v) is 17.0. The molecular weight excluding hydrogens is 400 g/mol. The number of imide groups is 1. The highest BCUT2D eigenvalue weighted by atomic mass is 32.2. The summed E-state index contributed by atoms with van der Waals surface area (Å²) in [4.78, 5) is 27.0. The number of fused-ring (bicyclic) bond motifs is 2. The summed E-state index contributed by atoms with van der Waals surface area (Å²) in [6.45, 7) is 0.542. The molecule has 0 unspecified atom stereocenters. The minimum Gasteiger partial charge on any atom is -0.271 e. The summed E-state index contributed by atoms with van der Waals surface area (Å²) in [6.07, 6.45) is 0.858. The summed E-state index contributed by atoms with van der Waals surface area (Å²) in [7, 11) is -3.64. The molecule has 2 aliphatic rings. The van der Waals surface area contributed by atoms with E-state index < -0.39 is 10.0 Å². The monoisotopic (exact) mass is 420 g/mol. The standard InChI is InChI=1S/C23H20N2O4S/c26-22-20-7-3-4-8-21(20)23(27)25(22)18-11-13-24(14-12-18)30(28,29)19-10-9-16-5-1-2-6-17(16)15-19/h1-10,15,18H,11-14H2. The molecule has 0 atom stereocenters. The first-order valence-electron chi connectivity index (χ1n) is 9.93. The van der Waals surface area contributed by atoms with E-state index in [2.05, 4.69) is 0 Å². The van der Waals surface area contributed by atoms with Crippen molar-refractivity contribution in [2.45, 2.75) is 23.8 Å². The number of carbonyl (C=O) groups excluding carboxylic acids is 2. The highest BCUT2D eigenvalue weighted by Gasteiger charge is 2.42. The molecule has 5 rings (SSSR count). The number of piperidine rings is 1. The molecule has 0 saturated carbocycles. The summed E-state index contributed by atoms with van der Waals surface area (Å²) >= 11 is 0. The van der Waals surface area contributed by atoms with Crippen LogP contribution in [0.25, 0.3) is 10.8 Å². The average Bonchev–Trinajstić information content (AvgIpc) is 3.04. The molecule has 1 fully saturated rings. The number of carbonyl (C=O) groups is 2. The number of rotatable bonds is 3. The van der Waals surface area contributed by atoms with Gasteiger partial charge in [0.25, 0.3) is 11.8 Å². The van der Waals surface area contributed by atoms with Crippen molar-refractivity contribution >= 4 is 32.6 Å². The minimum absolute atomic E-state index is 0.264. The van der Waals surface area contributed by atoms with E-state index in [-0.39, 0.29) is 35.8 Å². The van der Waals surface area contributed by atoms with E-state index >= 15 is 0 Å². The van der Waals surface area contributed by atoms with Crippen LogP contribution in [0.2, 0.25) is 0 Å². The summed E-state index contributed by atoms with van der Waals surface area (Å²) in [5.74, 6) is -0.571. The molecule has 2 heterocycles. The van der Waals surface area contributed by atoms with Crippen molar-refractivity contribution in [3.63, 3.8) is 0 Å². The fourth-order valence-electron chi connectivity index (χ4n) is 4.36. The molecule has 3 aromatic carbocycles. The van der Waals surface area contributed by atoms with Gasteiger partial charge < -0.3 is 0 Å². The van der Waals surface area contributed by atoms with E-state index in [1.54, 1.807) is 36.4 Å². The van der Waals surface area contributed by atoms with Gasteiger partial charge in [-0.15, -0.1) is 0 Å². The highest BCUT2D eigenvalue weighted by molar-refractivity contribution is 7.89. The van der Waals surface area contributed by atoms with Crippen LogP contribution in [0.3, 0.4) is 0 Å². The topological polar surface area (TPSA) is 74.8 Å². The van der Waals surface area contributed by atoms with Crippen LogP contribution in [0, 0.1) is 0 Å². The van der Waals surface area contributed by atoms with E-state index in [0.717, 1.165) is 10.8 Å². The molecule has 1 saturated heterocycles. The van der Waals surface area contributed by atoms with Crippen molar-refractivity contribution in [1.29, 1.82) is 0 Å². The van der Waals surface area contributed by atoms with Crippen LogP contribution in [0.4, 0.5) is 0 Å². The van der Waals surface area contributed by atoms with Crippen LogP contribution < -0.4 is 0 Å². The maximum atomic E-state index is 13.1. The Morgan fingerprint density at radius 1 is 0.733 bits per heavy atom. The van der Waals surface area contributed by atoms with Crippen molar-refractivity contribution < 1.29 is 18.0 Å². The lowest BCUT2D eigenvalue weighted by molar-refractivity contribution is 0.0536. The van der Waals surface area contributed by atoms with E-state index in [9.17, 15) is 18.0 Å². The van der Waals surface area contributed by atoms with Crippen molar-refractivity contribution in [3.05, 3.63) is 77.9 Å². The first-order chi connectivity index (χ1) is 14.5. The van der Waals surface area contributed by atoms with E-state index in [4.69, 9.17) is 0 Å². The zero-order chi connectivity index (χ0) is 20.9. The fourth-order valence-corrected chi connectivity index (χ4v) is 5.86. The minimum atomic E-state index is -3.64. The SMILES string of the molecule is O=C1c2ccccc2C(=O)N1C1CCN(S(=O)(=O)c2ccc3ccccc3c2)CC1. The van der Waals surface area contributed by atoms with Gasteiger partial charge >= 0.3 is 0 Å². The molecule has 7 heteroatoms. The Kier molecular flexibility index (Phi) is 4.45. The van der Waals surface area contributed by atoms with Gasteiger partial charge in [0.1, 0.15) is 0 Å². The van der Waals surface area contributed by atoms with Crippen LogP contribution in [-0.4, -0.2) is 48.6 Å². The first kappa shape index (κ1) is 19.0. The third-order valence-corrected chi connectivity index (χ3v) is 7.87. The lowest BCUT2D eigenvalue weighted by Gasteiger charge is -2.35. The normalized spacial score (nSPS) is 18.2. The number of amides is 2. The molecule has 152 valence electrons. The van der Waals surface area contributed by atoms with Gasteiger partial charge in [0, 0.05) is 19.1 Å². The van der Waals surface area contributed by atoms with Crippen LogP contribution in [-0.2, 0) is 10.0 Å². The summed E-state index contributed by atoms with van der Waals surface area (Å²) < 4.78 is 27.7. The van der Waals surface area contributed by atoms with Gasteiger partial charge in [-0.1, -0.05) is 42.5 Å². The third-order valence-electron chi connectivity index (χ3n) is 5.97. The van der Waals surface area contributed by atoms with Crippen LogP contribution in [0.1, 0.15) is 33.6 Å². The number of hydrogen-bond acceptors (Lipinski definition) is 4. The molecule has 3 aromatic rings. The van der Waals surface area contributed by atoms with E-state index in [0.29, 0.717) is 24.0 Å². The molecule has 2 aliphatic heterocycles. The maximum Gasteiger partial charge on any atom is 0.261 e. The van der Waals surface area contributed by atoms with Crippen LogP contribution in [0.5, 0.6) is 0 Å². The van der Waals surface area contributed by atoms with Crippen LogP contribution >= 0.6 is 0 Å². The lowest BCUT2D eigenvalue weighted by atomic mass is 10.1. The molecule has 0 aromatic heterocycles. The summed E-state index contributed by atoms with van der Waals surface area (Å²) in [5.41, 5.74) is 0.849. The van der Waals surface area contributed by atoms with Gasteiger partial charge in [-0.25, -0.2) is 8.42 Å². The Bertz CT molecular complexity index is 1240. The maximum absolute atomic E-state index is 13.1. The molecule has 0 aliphatic carbocycles. The van der Waals surface area contributed by atoms with Gasteiger partial charge in [-0.2, -0.15) is 4.31 Å². The number of nitrogens with zero attached hydrogens (tertiary/aromatic N) is 2. The lowest BCUT2D eigenvalue weighted by Crippen LogP contribution is -2.48. The second-order valence-corrected chi connectivity index (χ2v) is 9.61. The van der Waals surface area contributed by atoms with Gasteiger partial charge in [-0.05, 0) is 47.9 Å². The molecule has 0 N–H and O–H groups in total. The predicted octanol–water partition coefficient (Wildman–Crippen LogP) is 3.29. The van der Waals surface area contributed by atoms with Gasteiger partial charge in [0.05, 0.1) is 16.0 Å². The van der Waals surface area contributed by atoms with Gasteiger partial charge in [0.2, 0.25) is 10.0 Å². The number of benzene rings is 3. The number of sulfonamides is 1. The zero-order valence-electron chi connectivity index (χ0n) is 16.2. The Labute approximate surface area is 174 Å². The van der Waals surface area contributed by atoms with Crippen molar-refractivity contribution in [2.75, 3.05) is 13.1 Å².